The molecule has 1 amide bonds. The van der Waals surface area contributed by atoms with Crippen molar-refractivity contribution in [3.05, 3.63) is 47.7 Å². The number of hydrogen-bond donors (Lipinski definition) is 2. The van der Waals surface area contributed by atoms with Gasteiger partial charge in [0.05, 0.1) is 29.8 Å². The second kappa shape index (κ2) is 8.99. The van der Waals surface area contributed by atoms with Crippen molar-refractivity contribution < 1.29 is 22.7 Å². The van der Waals surface area contributed by atoms with Crippen molar-refractivity contribution in [2.45, 2.75) is 37.5 Å². The average molecular weight is 435 g/mol. The zero-order valence-electron chi connectivity index (χ0n) is 17.2. The lowest BCUT2D eigenvalue weighted by Crippen LogP contribution is -2.45. The van der Waals surface area contributed by atoms with Gasteiger partial charge in [0.15, 0.2) is 0 Å². The van der Waals surface area contributed by atoms with Gasteiger partial charge in [0.1, 0.15) is 11.6 Å². The van der Waals surface area contributed by atoms with Crippen LogP contribution in [-0.2, 0) is 21.3 Å². The monoisotopic (exact) mass is 434 g/mol. The summed E-state index contributed by atoms with van der Waals surface area (Å²) in [6, 6.07) is 7.70. The second-order valence-electron chi connectivity index (χ2n) is 7.28. The maximum Gasteiger partial charge on any atom is 0.255 e. The molecule has 10 heteroatoms. The third-order valence-corrected chi connectivity index (χ3v) is 5.66. The van der Waals surface area contributed by atoms with E-state index in [0.717, 1.165) is 24.5 Å². The highest BCUT2D eigenvalue weighted by Crippen LogP contribution is 2.22. The molecule has 1 aliphatic rings. The number of nitrogens with two attached hydrogens (primary N) is 1. The predicted octanol–water partition coefficient (Wildman–Crippen LogP) is 1.28. The van der Waals surface area contributed by atoms with Crippen molar-refractivity contribution in [1.29, 1.82) is 0 Å². The maximum absolute atomic E-state index is 12.6. The third kappa shape index (κ3) is 5.26. The van der Waals surface area contributed by atoms with Crippen molar-refractivity contribution in [1.82, 2.24) is 10.3 Å². The molecule has 0 spiro atoms. The van der Waals surface area contributed by atoms with Gasteiger partial charge in [-0.15, -0.1) is 0 Å². The van der Waals surface area contributed by atoms with Crippen LogP contribution < -0.4 is 20.1 Å². The van der Waals surface area contributed by atoms with Crippen molar-refractivity contribution in [3.8, 4) is 5.75 Å². The number of ether oxygens (including phenoxy) is 2. The number of pyridine rings is 1. The number of hydrogen-bond acceptors (Lipinski definition) is 7. The van der Waals surface area contributed by atoms with E-state index in [9.17, 15) is 13.2 Å². The summed E-state index contributed by atoms with van der Waals surface area (Å²) in [7, 11) is -2.53. The molecule has 2 heterocycles. The largest absolute Gasteiger partial charge is 0.496 e. The highest BCUT2D eigenvalue weighted by atomic mass is 32.2. The molecule has 0 aliphatic carbocycles. The van der Waals surface area contributed by atoms with Crippen LogP contribution in [0.4, 0.5) is 5.82 Å². The smallest absolute Gasteiger partial charge is 0.255 e. The van der Waals surface area contributed by atoms with Crippen molar-refractivity contribution in [3.63, 3.8) is 0 Å². The lowest BCUT2D eigenvalue weighted by molar-refractivity contribution is -0.00546. The number of benzene rings is 1. The van der Waals surface area contributed by atoms with E-state index in [-0.39, 0.29) is 35.0 Å². The number of morpholine rings is 1. The summed E-state index contributed by atoms with van der Waals surface area (Å²) >= 11 is 0. The van der Waals surface area contributed by atoms with Gasteiger partial charge in [-0.25, -0.2) is 18.5 Å². The Kier molecular flexibility index (Phi) is 6.59. The first-order chi connectivity index (χ1) is 14.2. The van der Waals surface area contributed by atoms with Crippen LogP contribution >= 0.6 is 0 Å². The average Bonchev–Trinajstić information content (AvgIpc) is 2.70. The van der Waals surface area contributed by atoms with Crippen molar-refractivity contribution in [2.24, 2.45) is 5.14 Å². The summed E-state index contributed by atoms with van der Waals surface area (Å²) in [5.74, 6) is 0.635. The number of aromatic nitrogens is 1. The molecule has 1 aromatic heterocycles. The van der Waals surface area contributed by atoms with E-state index in [0.29, 0.717) is 0 Å². The van der Waals surface area contributed by atoms with Gasteiger partial charge in [0.25, 0.3) is 5.91 Å². The van der Waals surface area contributed by atoms with Gasteiger partial charge >= 0.3 is 0 Å². The Balaban J connectivity index is 1.68. The molecule has 2 aromatic rings. The molecule has 9 nitrogen and oxygen atoms in total. The quantitative estimate of drug-likeness (QED) is 0.702. The summed E-state index contributed by atoms with van der Waals surface area (Å²) in [6.45, 7) is 5.84. The Morgan fingerprint density at radius 3 is 2.53 bits per heavy atom. The number of carbonyl (C=O) groups is 1. The lowest BCUT2D eigenvalue weighted by atomic mass is 10.1. The van der Waals surface area contributed by atoms with E-state index < -0.39 is 15.9 Å². The van der Waals surface area contributed by atoms with Crippen LogP contribution in [0.15, 0.2) is 41.4 Å². The fourth-order valence-corrected chi connectivity index (χ4v) is 3.93. The minimum absolute atomic E-state index is 0.0879. The van der Waals surface area contributed by atoms with Crippen molar-refractivity contribution >= 4 is 21.7 Å². The first-order valence-electron chi connectivity index (χ1n) is 9.51. The summed E-state index contributed by atoms with van der Waals surface area (Å²) in [5.41, 5.74) is 0.896. The Morgan fingerprint density at radius 2 is 1.97 bits per heavy atom. The number of methoxy groups -OCH3 is 1. The third-order valence-electron chi connectivity index (χ3n) is 4.75. The Hall–Kier alpha value is -2.69. The van der Waals surface area contributed by atoms with Crippen LogP contribution in [0.3, 0.4) is 0 Å². The summed E-state index contributed by atoms with van der Waals surface area (Å²) in [6.07, 6.45) is 1.98. The highest BCUT2D eigenvalue weighted by molar-refractivity contribution is 7.89. The SMILES string of the molecule is COc1ccc(S(N)(=O)=O)cc1C(=O)NCc1ccc(N2CC(C)OC(C)C2)nc1. The van der Waals surface area contributed by atoms with Gasteiger partial charge in [-0.05, 0) is 43.7 Å². The number of anilines is 1. The van der Waals surface area contributed by atoms with Gasteiger partial charge in [-0.2, -0.15) is 0 Å². The second-order valence-corrected chi connectivity index (χ2v) is 8.84. The van der Waals surface area contributed by atoms with Gasteiger partial charge in [-0.3, -0.25) is 4.79 Å². The normalized spacial score (nSPS) is 19.4. The number of nitrogens with zero attached hydrogens (tertiary/aromatic N) is 2. The Morgan fingerprint density at radius 1 is 1.27 bits per heavy atom. The molecule has 30 heavy (non-hydrogen) atoms. The van der Waals surface area contributed by atoms with E-state index in [4.69, 9.17) is 14.6 Å². The van der Waals surface area contributed by atoms with Crippen LogP contribution in [0.2, 0.25) is 0 Å². The predicted molar refractivity (Wildman–Crippen MR) is 112 cm³/mol. The molecule has 0 radical (unpaired) electrons. The molecule has 3 N–H and O–H groups in total. The molecule has 162 valence electrons. The van der Waals surface area contributed by atoms with E-state index in [1.54, 1.807) is 6.20 Å². The highest BCUT2D eigenvalue weighted by Gasteiger charge is 2.23. The fourth-order valence-electron chi connectivity index (χ4n) is 3.39. The minimum atomic E-state index is -3.93. The van der Waals surface area contributed by atoms with Crippen LogP contribution in [-0.4, -0.2) is 51.7 Å². The molecular weight excluding hydrogens is 408 g/mol. The summed E-state index contributed by atoms with van der Waals surface area (Å²) < 4.78 is 34.1. The van der Waals surface area contributed by atoms with Crippen LogP contribution in [0.1, 0.15) is 29.8 Å². The van der Waals surface area contributed by atoms with Gasteiger partial charge < -0.3 is 19.7 Å². The molecule has 1 aromatic carbocycles. The van der Waals surface area contributed by atoms with E-state index in [1.807, 2.05) is 26.0 Å². The molecule has 0 bridgehead atoms. The molecule has 2 atom stereocenters. The minimum Gasteiger partial charge on any atom is -0.496 e. The van der Waals surface area contributed by atoms with Crippen LogP contribution in [0.25, 0.3) is 0 Å². The molecule has 1 fully saturated rings. The Bertz CT molecular complexity index is 1000. The van der Waals surface area contributed by atoms with Gasteiger partial charge in [0, 0.05) is 25.8 Å². The molecule has 0 saturated carbocycles. The van der Waals surface area contributed by atoms with E-state index >= 15 is 0 Å². The standard InChI is InChI=1S/C20H26N4O5S/c1-13-11-24(12-14(2)29-13)19-7-4-15(9-22-19)10-23-20(25)17-8-16(30(21,26)27)5-6-18(17)28-3/h4-9,13-14H,10-12H2,1-3H3,(H,23,25)(H2,21,26,27). The summed E-state index contributed by atoms with van der Waals surface area (Å²) in [4.78, 5) is 19.1. The number of amides is 1. The zero-order valence-corrected chi connectivity index (χ0v) is 18.0. The topological polar surface area (TPSA) is 124 Å². The number of rotatable bonds is 6. The van der Waals surface area contributed by atoms with E-state index in [1.165, 1.54) is 25.3 Å². The zero-order chi connectivity index (χ0) is 21.9. The first-order valence-corrected chi connectivity index (χ1v) is 11.1. The lowest BCUT2D eigenvalue weighted by Gasteiger charge is -2.36. The molecule has 3 rings (SSSR count). The maximum atomic E-state index is 12.6. The number of carbonyl (C=O) groups excluding carboxylic acids is 1. The van der Waals surface area contributed by atoms with Gasteiger partial charge in [0.2, 0.25) is 10.0 Å². The number of nitrogens with one attached hydrogen (secondary N) is 1. The number of primary sulfonamides is 1. The van der Waals surface area contributed by atoms with Crippen LogP contribution in [0.5, 0.6) is 5.75 Å². The van der Waals surface area contributed by atoms with Crippen LogP contribution in [0, 0.1) is 0 Å². The van der Waals surface area contributed by atoms with Gasteiger partial charge in [-0.1, -0.05) is 6.07 Å². The number of sulfonamides is 1. The fraction of sp³-hybridized carbons (Fsp3) is 0.400. The van der Waals surface area contributed by atoms with Crippen molar-refractivity contribution in [2.75, 3.05) is 25.1 Å². The molecule has 2 unspecified atom stereocenters. The summed E-state index contributed by atoms with van der Waals surface area (Å²) in [5, 5.41) is 7.91. The first kappa shape index (κ1) is 22.0. The molecule has 1 aliphatic heterocycles. The molecule has 1 saturated heterocycles. The Labute approximate surface area is 176 Å². The molecular formula is C20H26N4O5S. The van der Waals surface area contributed by atoms with E-state index in [2.05, 4.69) is 15.2 Å².